The van der Waals surface area contributed by atoms with Gasteiger partial charge >= 0.3 is 0 Å². The molecule has 2 rings (SSSR count). The minimum absolute atomic E-state index is 0.0341. The van der Waals surface area contributed by atoms with Crippen LogP contribution in [-0.4, -0.2) is 25.5 Å². The quantitative estimate of drug-likeness (QED) is 0.828. The highest BCUT2D eigenvalue weighted by molar-refractivity contribution is 7.90. The van der Waals surface area contributed by atoms with Crippen LogP contribution in [0, 0.1) is 0 Å². The molecule has 1 heterocycles. The Morgan fingerprint density at radius 3 is 2.62 bits per heavy atom. The number of benzene rings is 1. The van der Waals surface area contributed by atoms with Crippen molar-refractivity contribution in [3.63, 3.8) is 0 Å². The van der Waals surface area contributed by atoms with Crippen LogP contribution >= 0.6 is 34.8 Å². The summed E-state index contributed by atoms with van der Waals surface area (Å²) in [6, 6.07) is 4.37. The highest BCUT2D eigenvalue weighted by Crippen LogP contribution is 2.31. The first-order valence-electron chi connectivity index (χ1n) is 5.57. The SMILES string of the molecule is COc1ncc(Cl)nc1CS(=O)(=O)c1cccc(Cl)c1Cl. The Kier molecular flexibility index (Phi) is 4.93. The molecule has 1 aromatic carbocycles. The molecule has 0 aliphatic heterocycles. The van der Waals surface area contributed by atoms with E-state index in [1.54, 1.807) is 0 Å². The first kappa shape index (κ1) is 16.3. The molecule has 0 saturated carbocycles. The van der Waals surface area contributed by atoms with Gasteiger partial charge in [0.1, 0.15) is 16.6 Å². The lowest BCUT2D eigenvalue weighted by molar-refractivity contribution is 0.391. The Bertz CT molecular complexity index is 781. The third-order valence-corrected chi connectivity index (χ3v) is 5.33. The van der Waals surface area contributed by atoms with Crippen LogP contribution in [0.25, 0.3) is 0 Å². The molecule has 0 radical (unpaired) electrons. The molecular formula is C12H9Cl3N2O3S. The Hall–Kier alpha value is -1.08. The topological polar surface area (TPSA) is 69.2 Å². The van der Waals surface area contributed by atoms with E-state index >= 15 is 0 Å². The number of aromatic nitrogens is 2. The lowest BCUT2D eigenvalue weighted by Crippen LogP contribution is -2.09. The second kappa shape index (κ2) is 6.36. The largest absolute Gasteiger partial charge is 0.480 e. The van der Waals surface area contributed by atoms with Crippen LogP contribution in [0.4, 0.5) is 0 Å². The lowest BCUT2D eigenvalue weighted by Gasteiger charge is -2.09. The summed E-state index contributed by atoms with van der Waals surface area (Å²) in [7, 11) is -2.41. The molecule has 21 heavy (non-hydrogen) atoms. The molecule has 0 aliphatic carbocycles. The number of hydrogen-bond acceptors (Lipinski definition) is 5. The van der Waals surface area contributed by atoms with Gasteiger partial charge in [-0.05, 0) is 12.1 Å². The molecule has 5 nitrogen and oxygen atoms in total. The van der Waals surface area contributed by atoms with E-state index in [1.165, 1.54) is 31.5 Å². The molecule has 0 fully saturated rings. The molecule has 0 spiro atoms. The van der Waals surface area contributed by atoms with Gasteiger partial charge in [-0.2, -0.15) is 0 Å². The van der Waals surface area contributed by atoms with Crippen molar-refractivity contribution < 1.29 is 13.2 Å². The van der Waals surface area contributed by atoms with Crippen LogP contribution in [0.3, 0.4) is 0 Å². The molecule has 9 heteroatoms. The molecule has 0 bridgehead atoms. The number of hydrogen-bond donors (Lipinski definition) is 0. The predicted octanol–water partition coefficient (Wildman–Crippen LogP) is 3.42. The van der Waals surface area contributed by atoms with Crippen LogP contribution in [0.2, 0.25) is 15.2 Å². The number of methoxy groups -OCH3 is 1. The fourth-order valence-corrected chi connectivity index (χ4v) is 3.87. The first-order chi connectivity index (χ1) is 9.85. The first-order valence-corrected chi connectivity index (χ1v) is 8.36. The zero-order valence-electron chi connectivity index (χ0n) is 10.7. The van der Waals surface area contributed by atoms with Crippen molar-refractivity contribution in [3.05, 3.63) is 45.3 Å². The van der Waals surface area contributed by atoms with Crippen LogP contribution in [0.15, 0.2) is 29.3 Å². The van der Waals surface area contributed by atoms with Gasteiger partial charge in [-0.1, -0.05) is 40.9 Å². The van der Waals surface area contributed by atoms with Crippen molar-refractivity contribution in [1.82, 2.24) is 9.97 Å². The Balaban J connectivity index is 2.47. The van der Waals surface area contributed by atoms with E-state index in [0.717, 1.165) is 0 Å². The van der Waals surface area contributed by atoms with Gasteiger partial charge in [0, 0.05) is 0 Å². The normalized spacial score (nSPS) is 11.4. The molecule has 2 aromatic rings. The monoisotopic (exact) mass is 366 g/mol. The zero-order chi connectivity index (χ0) is 15.6. The Morgan fingerprint density at radius 1 is 1.24 bits per heavy atom. The third kappa shape index (κ3) is 3.58. The summed E-state index contributed by atoms with van der Waals surface area (Å²) in [6.07, 6.45) is 1.27. The van der Waals surface area contributed by atoms with Gasteiger partial charge in [0.2, 0.25) is 5.88 Å². The van der Waals surface area contributed by atoms with Crippen LogP contribution < -0.4 is 4.74 Å². The van der Waals surface area contributed by atoms with Gasteiger partial charge in [-0.25, -0.2) is 18.4 Å². The Morgan fingerprint density at radius 2 is 1.95 bits per heavy atom. The van der Waals surface area contributed by atoms with Crippen molar-refractivity contribution in [3.8, 4) is 5.88 Å². The average Bonchev–Trinajstić information content (AvgIpc) is 2.41. The predicted molar refractivity (Wildman–Crippen MR) is 80.9 cm³/mol. The summed E-state index contributed by atoms with van der Waals surface area (Å²) >= 11 is 17.5. The number of sulfone groups is 1. The summed E-state index contributed by atoms with van der Waals surface area (Å²) < 4.78 is 29.9. The molecule has 0 aliphatic rings. The maximum Gasteiger partial charge on any atom is 0.236 e. The fourth-order valence-electron chi connectivity index (χ4n) is 1.64. The lowest BCUT2D eigenvalue weighted by atomic mass is 10.4. The van der Waals surface area contributed by atoms with Gasteiger partial charge in [0.15, 0.2) is 9.84 Å². The smallest absolute Gasteiger partial charge is 0.236 e. The van der Waals surface area contributed by atoms with Gasteiger partial charge in [-0.3, -0.25) is 0 Å². The zero-order valence-corrected chi connectivity index (χ0v) is 13.8. The van der Waals surface area contributed by atoms with E-state index in [1.807, 2.05) is 0 Å². The second-order valence-corrected chi connectivity index (χ2v) is 7.09. The van der Waals surface area contributed by atoms with Crippen molar-refractivity contribution in [1.29, 1.82) is 0 Å². The van der Waals surface area contributed by atoms with Crippen LogP contribution in [0.1, 0.15) is 5.69 Å². The Labute approximate surface area is 136 Å². The summed E-state index contributed by atoms with van der Waals surface area (Å²) in [4.78, 5) is 7.72. The van der Waals surface area contributed by atoms with Crippen molar-refractivity contribution in [2.24, 2.45) is 0 Å². The summed E-state index contributed by atoms with van der Waals surface area (Å²) in [6.45, 7) is 0. The molecule has 0 amide bonds. The standard InChI is InChI=1S/C12H9Cl3N2O3S/c1-20-12-8(17-10(14)5-16-12)6-21(18,19)9-4-2-3-7(13)11(9)15/h2-5H,6H2,1H3. The van der Waals surface area contributed by atoms with Gasteiger partial charge in [0.05, 0.1) is 28.2 Å². The van der Waals surface area contributed by atoms with Crippen LogP contribution in [0.5, 0.6) is 5.88 Å². The number of halogens is 3. The van der Waals surface area contributed by atoms with E-state index in [2.05, 4.69) is 9.97 Å². The molecule has 0 N–H and O–H groups in total. The number of ether oxygens (including phenoxy) is 1. The van der Waals surface area contributed by atoms with E-state index in [9.17, 15) is 8.42 Å². The summed E-state index contributed by atoms with van der Waals surface area (Å²) in [5.41, 5.74) is 0.0982. The molecule has 0 saturated heterocycles. The summed E-state index contributed by atoms with van der Waals surface area (Å²) in [5, 5.41) is 0.188. The van der Waals surface area contributed by atoms with E-state index in [4.69, 9.17) is 39.5 Å². The molecule has 1 aromatic heterocycles. The van der Waals surface area contributed by atoms with Gasteiger partial charge in [-0.15, -0.1) is 0 Å². The maximum absolute atomic E-state index is 12.4. The molecular weight excluding hydrogens is 359 g/mol. The maximum atomic E-state index is 12.4. The summed E-state index contributed by atoms with van der Waals surface area (Å²) in [5.74, 6) is -0.370. The average molecular weight is 368 g/mol. The van der Waals surface area contributed by atoms with Crippen LogP contribution in [-0.2, 0) is 15.6 Å². The van der Waals surface area contributed by atoms with E-state index < -0.39 is 15.6 Å². The van der Waals surface area contributed by atoms with Gasteiger partial charge in [0.25, 0.3) is 0 Å². The molecule has 0 unspecified atom stereocenters. The van der Waals surface area contributed by atoms with Crippen molar-refractivity contribution in [2.75, 3.05) is 7.11 Å². The van der Waals surface area contributed by atoms with Gasteiger partial charge < -0.3 is 4.74 Å². The highest BCUT2D eigenvalue weighted by Gasteiger charge is 2.23. The molecule has 0 atom stereocenters. The second-order valence-electron chi connectivity index (χ2n) is 3.96. The van der Waals surface area contributed by atoms with Crippen molar-refractivity contribution in [2.45, 2.75) is 10.6 Å². The fraction of sp³-hybridized carbons (Fsp3) is 0.167. The minimum atomic E-state index is -3.77. The minimum Gasteiger partial charge on any atom is -0.480 e. The van der Waals surface area contributed by atoms with E-state index in [-0.39, 0.29) is 31.7 Å². The molecule has 112 valence electrons. The van der Waals surface area contributed by atoms with E-state index in [0.29, 0.717) is 0 Å². The number of nitrogens with zero attached hydrogens (tertiary/aromatic N) is 2. The number of rotatable bonds is 4. The third-order valence-electron chi connectivity index (χ3n) is 2.55. The highest BCUT2D eigenvalue weighted by atomic mass is 35.5. The van der Waals surface area contributed by atoms with Crippen molar-refractivity contribution >= 4 is 44.6 Å².